The van der Waals surface area contributed by atoms with Gasteiger partial charge in [-0.05, 0) is 6.42 Å². The van der Waals surface area contributed by atoms with Crippen molar-refractivity contribution in [3.8, 4) is 12.3 Å². The van der Waals surface area contributed by atoms with Gasteiger partial charge >= 0.3 is 0 Å². The van der Waals surface area contributed by atoms with Gasteiger partial charge < -0.3 is 14.8 Å². The van der Waals surface area contributed by atoms with E-state index < -0.39 is 0 Å². The van der Waals surface area contributed by atoms with Crippen LogP contribution in [0.1, 0.15) is 19.1 Å². The fourth-order valence-corrected chi connectivity index (χ4v) is 2.61. The molecular weight excluding hydrogens is 260 g/mol. The number of nitrogens with zero attached hydrogens (tertiary/aromatic N) is 3. The maximum absolute atomic E-state index is 11.7. The van der Waals surface area contributed by atoms with Crippen molar-refractivity contribution in [2.75, 3.05) is 6.61 Å². The van der Waals surface area contributed by atoms with E-state index in [9.17, 15) is 9.90 Å². The van der Waals surface area contributed by atoms with Crippen molar-refractivity contribution < 1.29 is 9.84 Å². The number of hydrogen-bond acceptors (Lipinski definition) is 5. The highest BCUT2D eigenvalue weighted by Crippen LogP contribution is 2.37. The van der Waals surface area contributed by atoms with Crippen LogP contribution in [0.4, 0.5) is 0 Å². The standard InChI is InChI=1S/C13H14N4O3/c1-2-3-8-4-9(5-18)20-13(8)17-7-16-10-11(17)14-6-15-12(10)19/h1,6-9,13,18H,3-5H2,(H,14,15,19)/t8-,9+,13-/m1/s1. The van der Waals surface area contributed by atoms with Crippen LogP contribution in [0.2, 0.25) is 0 Å². The predicted octanol–water partition coefficient (Wildman–Crippen LogP) is 0.0389. The van der Waals surface area contributed by atoms with E-state index in [0.717, 1.165) is 0 Å². The minimum Gasteiger partial charge on any atom is -0.394 e. The summed E-state index contributed by atoms with van der Waals surface area (Å²) in [4.78, 5) is 22.3. The molecule has 7 nitrogen and oxygen atoms in total. The third-order valence-corrected chi connectivity index (χ3v) is 3.52. The zero-order valence-electron chi connectivity index (χ0n) is 10.7. The van der Waals surface area contributed by atoms with Gasteiger partial charge in [-0.15, -0.1) is 12.3 Å². The van der Waals surface area contributed by atoms with Gasteiger partial charge in [0.2, 0.25) is 0 Å². The second-order valence-electron chi connectivity index (χ2n) is 4.79. The molecule has 1 fully saturated rings. The molecule has 1 aliphatic rings. The van der Waals surface area contributed by atoms with Crippen LogP contribution in [0.5, 0.6) is 0 Å². The second-order valence-corrected chi connectivity index (χ2v) is 4.79. The molecule has 2 N–H and O–H groups in total. The average Bonchev–Trinajstić information content (AvgIpc) is 3.03. The number of terminal acetylenes is 1. The number of aliphatic hydroxyl groups excluding tert-OH is 1. The molecule has 0 bridgehead atoms. The van der Waals surface area contributed by atoms with Crippen LogP contribution in [0, 0.1) is 18.3 Å². The van der Waals surface area contributed by atoms with Gasteiger partial charge in [0.25, 0.3) is 5.56 Å². The maximum Gasteiger partial charge on any atom is 0.278 e. The Morgan fingerprint density at radius 3 is 3.20 bits per heavy atom. The Kier molecular flexibility index (Phi) is 3.26. The van der Waals surface area contributed by atoms with E-state index in [0.29, 0.717) is 18.5 Å². The monoisotopic (exact) mass is 274 g/mol. The summed E-state index contributed by atoms with van der Waals surface area (Å²) < 4.78 is 7.50. The fraction of sp³-hybridized carbons (Fsp3) is 0.462. The summed E-state index contributed by atoms with van der Waals surface area (Å²) in [6, 6.07) is 0. The van der Waals surface area contributed by atoms with Gasteiger partial charge in [-0.1, -0.05) is 0 Å². The summed E-state index contributed by atoms with van der Waals surface area (Å²) in [7, 11) is 0. The lowest BCUT2D eigenvalue weighted by molar-refractivity contribution is -0.0306. The number of aromatic nitrogens is 4. The van der Waals surface area contributed by atoms with Gasteiger partial charge in [-0.3, -0.25) is 9.36 Å². The minimum absolute atomic E-state index is 0.0573. The highest BCUT2D eigenvalue weighted by atomic mass is 16.5. The number of hydrogen-bond donors (Lipinski definition) is 2. The number of aliphatic hydroxyl groups is 1. The third kappa shape index (κ3) is 1.99. The highest BCUT2D eigenvalue weighted by molar-refractivity contribution is 5.68. The first-order chi connectivity index (χ1) is 9.74. The Hall–Kier alpha value is -2.17. The lowest BCUT2D eigenvalue weighted by atomic mass is 10.00. The molecule has 2 aromatic rings. The largest absolute Gasteiger partial charge is 0.394 e. The van der Waals surface area contributed by atoms with E-state index in [-0.39, 0.29) is 35.9 Å². The summed E-state index contributed by atoms with van der Waals surface area (Å²) in [6.07, 6.45) is 8.84. The highest BCUT2D eigenvalue weighted by Gasteiger charge is 2.36. The van der Waals surface area contributed by atoms with Crippen molar-refractivity contribution in [2.24, 2.45) is 5.92 Å². The van der Waals surface area contributed by atoms with E-state index >= 15 is 0 Å². The zero-order valence-corrected chi connectivity index (χ0v) is 10.7. The summed E-state index contributed by atoms with van der Waals surface area (Å²) >= 11 is 0. The molecule has 0 unspecified atom stereocenters. The van der Waals surface area contributed by atoms with Crippen LogP contribution < -0.4 is 5.56 Å². The number of fused-ring (bicyclic) bond motifs is 1. The van der Waals surface area contributed by atoms with Crippen molar-refractivity contribution in [3.05, 3.63) is 23.0 Å². The van der Waals surface area contributed by atoms with Crippen LogP contribution >= 0.6 is 0 Å². The summed E-state index contributed by atoms with van der Waals surface area (Å²) in [5.74, 6) is 2.69. The Bertz CT molecular complexity index is 714. The smallest absolute Gasteiger partial charge is 0.278 e. The molecule has 0 saturated carbocycles. The number of rotatable bonds is 3. The number of H-pyrrole nitrogens is 1. The van der Waals surface area contributed by atoms with Gasteiger partial charge in [-0.2, -0.15) is 0 Å². The van der Waals surface area contributed by atoms with E-state index in [1.54, 1.807) is 4.57 Å². The topological polar surface area (TPSA) is 93.0 Å². The summed E-state index contributed by atoms with van der Waals surface area (Å²) in [6.45, 7) is -0.0573. The maximum atomic E-state index is 11.7. The molecule has 1 aliphatic heterocycles. The lowest BCUT2D eigenvalue weighted by Crippen LogP contribution is -2.17. The minimum atomic E-state index is -0.359. The fourth-order valence-electron chi connectivity index (χ4n) is 2.61. The molecule has 0 aliphatic carbocycles. The predicted molar refractivity (Wildman–Crippen MR) is 70.7 cm³/mol. The SMILES string of the molecule is C#CC[C@@H]1C[C@@H](CO)O[C@H]1n1cnc2c(=O)[nH]cnc21. The van der Waals surface area contributed by atoms with Crippen molar-refractivity contribution in [1.82, 2.24) is 19.5 Å². The molecule has 20 heavy (non-hydrogen) atoms. The molecule has 7 heteroatoms. The summed E-state index contributed by atoms with van der Waals surface area (Å²) in [5.41, 5.74) is 0.432. The Labute approximate surface area is 114 Å². The Morgan fingerprint density at radius 2 is 2.45 bits per heavy atom. The van der Waals surface area contributed by atoms with Crippen LogP contribution in [-0.4, -0.2) is 37.3 Å². The van der Waals surface area contributed by atoms with E-state index in [1.165, 1.54) is 12.7 Å². The molecule has 1 saturated heterocycles. The second kappa shape index (κ2) is 5.07. The van der Waals surface area contributed by atoms with Crippen LogP contribution in [0.15, 0.2) is 17.4 Å². The molecule has 2 aromatic heterocycles. The Morgan fingerprint density at radius 1 is 1.60 bits per heavy atom. The number of nitrogens with one attached hydrogen (secondary N) is 1. The molecule has 0 aromatic carbocycles. The molecule has 3 heterocycles. The first-order valence-electron chi connectivity index (χ1n) is 6.34. The van der Waals surface area contributed by atoms with Crippen molar-refractivity contribution in [3.63, 3.8) is 0 Å². The third-order valence-electron chi connectivity index (χ3n) is 3.52. The normalized spacial score (nSPS) is 25.9. The summed E-state index contributed by atoms with van der Waals surface area (Å²) in [5, 5.41) is 9.25. The van der Waals surface area contributed by atoms with E-state index in [1.807, 2.05) is 0 Å². The van der Waals surface area contributed by atoms with Gasteiger partial charge in [-0.25, -0.2) is 9.97 Å². The average molecular weight is 274 g/mol. The van der Waals surface area contributed by atoms with E-state index in [4.69, 9.17) is 11.2 Å². The molecule has 3 rings (SSSR count). The Balaban J connectivity index is 2.03. The van der Waals surface area contributed by atoms with E-state index in [2.05, 4.69) is 20.9 Å². The molecule has 0 spiro atoms. The molecule has 104 valence electrons. The van der Waals surface area contributed by atoms with Gasteiger partial charge in [0.15, 0.2) is 11.2 Å². The number of aromatic amines is 1. The van der Waals surface area contributed by atoms with Crippen LogP contribution in [-0.2, 0) is 4.74 Å². The molecular formula is C13H14N4O3. The zero-order chi connectivity index (χ0) is 14.1. The lowest BCUT2D eigenvalue weighted by Gasteiger charge is -2.18. The quantitative estimate of drug-likeness (QED) is 0.771. The van der Waals surface area contributed by atoms with Gasteiger partial charge in [0, 0.05) is 12.3 Å². The van der Waals surface area contributed by atoms with Crippen molar-refractivity contribution in [2.45, 2.75) is 25.2 Å². The van der Waals surface area contributed by atoms with Crippen LogP contribution in [0.25, 0.3) is 11.2 Å². The molecule has 0 amide bonds. The van der Waals surface area contributed by atoms with Gasteiger partial charge in [0.05, 0.1) is 25.4 Å². The first-order valence-corrected chi connectivity index (χ1v) is 6.34. The number of imidazole rings is 1. The van der Waals surface area contributed by atoms with Crippen molar-refractivity contribution in [1.29, 1.82) is 0 Å². The van der Waals surface area contributed by atoms with Crippen molar-refractivity contribution >= 4 is 11.2 Å². The van der Waals surface area contributed by atoms with Crippen LogP contribution in [0.3, 0.4) is 0 Å². The molecule has 0 radical (unpaired) electrons. The van der Waals surface area contributed by atoms with Gasteiger partial charge in [0.1, 0.15) is 6.23 Å². The molecule has 3 atom stereocenters. The number of ether oxygens (including phenoxy) is 1. The first kappa shape index (κ1) is 12.8.